The van der Waals surface area contributed by atoms with Gasteiger partial charge in [0.1, 0.15) is 0 Å². The van der Waals surface area contributed by atoms with Gasteiger partial charge in [-0.15, -0.1) is 0 Å². The van der Waals surface area contributed by atoms with Crippen LogP contribution in [-0.2, 0) is 0 Å². The van der Waals surface area contributed by atoms with Gasteiger partial charge in [-0.3, -0.25) is 4.70 Å². The van der Waals surface area contributed by atoms with Gasteiger partial charge in [-0.25, -0.2) is 0 Å². The average Bonchev–Trinajstić information content (AvgIpc) is 1.54. The van der Waals surface area contributed by atoms with Crippen molar-refractivity contribution in [2.24, 2.45) is 0 Å². The number of carbonyl (C=O) groups is 3. The Kier molecular flexibility index (Phi) is 70.5. The van der Waals surface area contributed by atoms with Gasteiger partial charge >= 0.3 is 82.6 Å². The van der Waals surface area contributed by atoms with Gasteiger partial charge in [0.05, 0.1) is 0 Å². The summed E-state index contributed by atoms with van der Waals surface area (Å²) in [6.45, 7) is 0. The van der Waals surface area contributed by atoms with Crippen LogP contribution >= 0.6 is 0 Å². The van der Waals surface area contributed by atoms with Gasteiger partial charge in [0.2, 0.25) is 0 Å². The van der Waals surface area contributed by atoms with Crippen molar-refractivity contribution in [3.8, 4) is 0 Å². The van der Waals surface area contributed by atoms with E-state index in [1.54, 1.807) is 0 Å². The average molecular weight is 482 g/mol. The van der Waals surface area contributed by atoms with E-state index in [4.69, 9.17) is 45.0 Å². The van der Waals surface area contributed by atoms with Crippen LogP contribution in [-0.4, -0.2) is 18.5 Å². The fraction of sp³-hybridized carbons (Fsp3) is 0. The van der Waals surface area contributed by atoms with Gasteiger partial charge in [-0.2, -0.15) is 0 Å². The summed E-state index contributed by atoms with van der Waals surface area (Å²) >= 11 is 0. The maximum atomic E-state index is 8.33. The number of carbonyl (C=O) groups excluding carboxylic acids is 3. The fourth-order valence-electron chi connectivity index (χ4n) is 0. The van der Waals surface area contributed by atoms with E-state index in [-0.39, 0.29) is 87.3 Å². The largest absolute Gasteiger partial charge is 3.00 e. The van der Waals surface area contributed by atoms with E-state index in [0.717, 1.165) is 0 Å². The zero-order chi connectivity index (χ0) is 10.7. The molecule has 0 atom stereocenters. The van der Waals surface area contributed by atoms with E-state index >= 15 is 0 Å². The third kappa shape index (κ3) is 10300. The molecule has 9 nitrogen and oxygen atoms in total. The molecule has 0 rings (SSSR count). The molecule has 0 heterocycles. The quantitative estimate of drug-likeness (QED) is 0.323. The van der Waals surface area contributed by atoms with Crippen LogP contribution in [0.2, 0.25) is 0 Å². The standard InChI is InChI=1S/3CH2O3.FH.2Pr/c3*2-1(3)4;;;/h3*(H2,2,3,4);1H;;/q;;;;2*+3/p-6. The molecule has 0 aromatic carbocycles. The van der Waals surface area contributed by atoms with Crippen LogP contribution in [0.3, 0.4) is 0 Å². The summed E-state index contributed by atoms with van der Waals surface area (Å²) in [5, 5.41) is 50.0. The first kappa shape index (κ1) is 36.1. The summed E-state index contributed by atoms with van der Waals surface area (Å²) in [6, 6.07) is 0. The molecule has 0 spiro atoms. The summed E-state index contributed by atoms with van der Waals surface area (Å²) < 4.78 is 0. The van der Waals surface area contributed by atoms with Crippen LogP contribution < -0.4 is 30.6 Å². The Morgan fingerprint density at radius 3 is 0.533 bits per heavy atom. The zero-order valence-electron chi connectivity index (χ0n) is 6.74. The molecule has 0 aliphatic rings. The molecule has 0 aromatic heterocycles. The molecule has 0 saturated carbocycles. The Morgan fingerprint density at radius 1 is 0.533 bits per heavy atom. The van der Waals surface area contributed by atoms with Crippen molar-refractivity contribution in [3.05, 3.63) is 0 Å². The molecule has 0 aliphatic heterocycles. The number of hydrogen-bond acceptors (Lipinski definition) is 9. The van der Waals surface area contributed by atoms with E-state index in [9.17, 15) is 0 Å². The predicted octanol–water partition coefficient (Wildman–Crippen LogP) is -7.19. The second-order valence-electron chi connectivity index (χ2n) is 0.750. The van der Waals surface area contributed by atoms with Crippen molar-refractivity contribution in [1.29, 1.82) is 0 Å². The summed E-state index contributed by atoms with van der Waals surface area (Å²) in [4.78, 5) is 25.0. The molecule has 0 bridgehead atoms. The molecule has 80 valence electrons. The SMILES string of the molecule is F.O=C([O-])[O-].O=C([O-])[O-].O=C([O-])[O-].[Pr+3].[Pr+3]. The van der Waals surface area contributed by atoms with Crippen LogP contribution in [0.15, 0.2) is 0 Å². The van der Waals surface area contributed by atoms with Gasteiger partial charge in [0.25, 0.3) is 0 Å². The van der Waals surface area contributed by atoms with Crippen LogP contribution in [0.5, 0.6) is 0 Å². The van der Waals surface area contributed by atoms with Crippen LogP contribution in [0.1, 0.15) is 0 Å². The minimum absolute atomic E-state index is 0. The van der Waals surface area contributed by atoms with Crippen molar-refractivity contribution in [2.45, 2.75) is 0 Å². The van der Waals surface area contributed by atoms with E-state index in [1.807, 2.05) is 0 Å². The van der Waals surface area contributed by atoms with Crippen LogP contribution in [0.25, 0.3) is 0 Å². The fourth-order valence-corrected chi connectivity index (χ4v) is 0. The van der Waals surface area contributed by atoms with E-state index in [2.05, 4.69) is 0 Å². The Morgan fingerprint density at radius 2 is 0.533 bits per heavy atom. The minimum atomic E-state index is -2.33. The number of rotatable bonds is 0. The monoisotopic (exact) mass is 482 g/mol. The molecule has 0 aromatic rings. The molecular formula is C3HFO9Pr2. The molecule has 0 amide bonds. The Bertz CT molecular complexity index is 121. The second-order valence-corrected chi connectivity index (χ2v) is 0.750. The van der Waals surface area contributed by atoms with Crippen molar-refractivity contribution in [1.82, 2.24) is 0 Å². The predicted molar refractivity (Wildman–Crippen MR) is 18.7 cm³/mol. The Balaban J connectivity index is -0.0000000184. The summed E-state index contributed by atoms with van der Waals surface area (Å²) in [5.41, 5.74) is 0. The van der Waals surface area contributed by atoms with Gasteiger partial charge in [-0.05, 0) is 18.5 Å². The maximum absolute atomic E-state index is 8.33. The van der Waals surface area contributed by atoms with Crippen molar-refractivity contribution >= 4 is 18.5 Å². The van der Waals surface area contributed by atoms with Crippen LogP contribution in [0, 0.1) is 82.6 Å². The summed E-state index contributed by atoms with van der Waals surface area (Å²) in [6.07, 6.45) is -7.00. The van der Waals surface area contributed by atoms with Crippen molar-refractivity contribution in [2.75, 3.05) is 0 Å². The molecule has 0 unspecified atom stereocenters. The molecule has 0 fully saturated rings. The van der Waals surface area contributed by atoms with Gasteiger partial charge in [-0.1, -0.05) is 0 Å². The normalized spacial score (nSPS) is 4.80. The third-order valence-corrected chi connectivity index (χ3v) is 0. The maximum Gasteiger partial charge on any atom is 3.00 e. The second kappa shape index (κ2) is 29.3. The van der Waals surface area contributed by atoms with Gasteiger partial charge in [0.15, 0.2) is 0 Å². The third-order valence-electron chi connectivity index (χ3n) is 0. The summed E-state index contributed by atoms with van der Waals surface area (Å²) in [7, 11) is 0. The first-order chi connectivity index (χ1) is 5.20. The van der Waals surface area contributed by atoms with E-state index in [0.29, 0.717) is 0 Å². The molecular weight excluding hydrogens is 481 g/mol. The first-order valence-electron chi connectivity index (χ1n) is 1.84. The number of carboxylic acid groups (broad SMARTS) is 6. The smallest absolute Gasteiger partial charge is 0.652 e. The van der Waals surface area contributed by atoms with Gasteiger partial charge in [0, 0.05) is 0 Å². The molecule has 0 radical (unpaired) electrons. The first-order valence-corrected chi connectivity index (χ1v) is 1.84. The molecule has 0 aliphatic carbocycles. The van der Waals surface area contributed by atoms with Crippen molar-refractivity contribution < 1.29 is 132 Å². The van der Waals surface area contributed by atoms with E-state index in [1.165, 1.54) is 0 Å². The zero-order valence-corrected chi connectivity index (χ0v) is 14.1. The molecule has 15 heavy (non-hydrogen) atoms. The Hall–Kier alpha value is 0.467. The van der Waals surface area contributed by atoms with Gasteiger partial charge < -0.3 is 45.0 Å². The van der Waals surface area contributed by atoms with Crippen molar-refractivity contribution in [3.63, 3.8) is 0 Å². The number of halogens is 1. The summed E-state index contributed by atoms with van der Waals surface area (Å²) in [5.74, 6) is 0. The minimum Gasteiger partial charge on any atom is -0.652 e. The topological polar surface area (TPSA) is 190 Å². The Labute approximate surface area is 148 Å². The molecule has 0 saturated heterocycles. The molecule has 12 heteroatoms. The van der Waals surface area contributed by atoms with Crippen LogP contribution in [0.4, 0.5) is 19.1 Å². The molecule has 0 N–H and O–H groups in total. The van der Waals surface area contributed by atoms with E-state index < -0.39 is 18.5 Å². The number of hydrogen-bond donors (Lipinski definition) is 0.